The third kappa shape index (κ3) is 3.87. The Bertz CT molecular complexity index is 322. The Balaban J connectivity index is 1.50. The van der Waals surface area contributed by atoms with Crippen LogP contribution in [0.4, 0.5) is 0 Å². The number of hydrogen-bond donors (Lipinski definition) is 0. The average molecular weight is 292 g/mol. The molecule has 0 unspecified atom stereocenters. The molecule has 0 spiro atoms. The summed E-state index contributed by atoms with van der Waals surface area (Å²) < 4.78 is 0. The largest absolute Gasteiger partial charge is 0.303 e. The van der Waals surface area contributed by atoms with Crippen molar-refractivity contribution >= 4 is 6.29 Å². The van der Waals surface area contributed by atoms with Crippen molar-refractivity contribution in [2.24, 2.45) is 5.41 Å². The molecule has 3 aliphatic rings. The molecule has 0 bridgehead atoms. The number of aldehydes is 1. The lowest BCUT2D eigenvalue weighted by molar-refractivity contribution is -0.118. The molecule has 21 heavy (non-hydrogen) atoms. The van der Waals surface area contributed by atoms with Crippen molar-refractivity contribution in [1.82, 2.24) is 9.80 Å². The molecule has 1 saturated heterocycles. The number of carbonyl (C=O) groups excluding carboxylic acids is 1. The van der Waals surface area contributed by atoms with Crippen molar-refractivity contribution in [1.29, 1.82) is 0 Å². The standard InChI is InChI=1S/C18H32N2O/c21-16-18(9-5-1-2-6-10-18)15-19-11-13-20(14-12-19)17-7-3-4-8-17/h16-17H,1-15H2. The Hall–Kier alpha value is -0.410. The van der Waals surface area contributed by atoms with E-state index in [2.05, 4.69) is 9.80 Å². The quantitative estimate of drug-likeness (QED) is 0.587. The summed E-state index contributed by atoms with van der Waals surface area (Å²) in [6.07, 6.45) is 14.4. The van der Waals surface area contributed by atoms with Gasteiger partial charge in [-0.25, -0.2) is 0 Å². The lowest BCUT2D eigenvalue weighted by Gasteiger charge is -2.41. The number of rotatable bonds is 4. The second-order valence-electron chi connectivity index (χ2n) is 7.64. The molecule has 0 N–H and O–H groups in total. The highest BCUT2D eigenvalue weighted by atomic mass is 16.1. The summed E-state index contributed by atoms with van der Waals surface area (Å²) in [5, 5.41) is 0. The van der Waals surface area contributed by atoms with Gasteiger partial charge < -0.3 is 4.79 Å². The minimum Gasteiger partial charge on any atom is -0.303 e. The average Bonchev–Trinajstić information content (AvgIpc) is 2.96. The van der Waals surface area contributed by atoms with Crippen LogP contribution in [0.3, 0.4) is 0 Å². The molecule has 1 aliphatic heterocycles. The Morgan fingerprint density at radius 3 is 2.05 bits per heavy atom. The first kappa shape index (κ1) is 15.5. The van der Waals surface area contributed by atoms with Gasteiger partial charge in [0.25, 0.3) is 0 Å². The maximum absolute atomic E-state index is 11.7. The molecule has 3 nitrogen and oxygen atoms in total. The van der Waals surface area contributed by atoms with Crippen LogP contribution in [0.25, 0.3) is 0 Å². The van der Waals surface area contributed by atoms with Gasteiger partial charge in [-0.05, 0) is 25.7 Å². The summed E-state index contributed by atoms with van der Waals surface area (Å²) in [7, 11) is 0. The van der Waals surface area contributed by atoms with Gasteiger partial charge in [0.05, 0.1) is 0 Å². The fraction of sp³-hybridized carbons (Fsp3) is 0.944. The van der Waals surface area contributed by atoms with Gasteiger partial charge in [0.15, 0.2) is 0 Å². The van der Waals surface area contributed by atoms with E-state index in [0.29, 0.717) is 0 Å². The molecule has 2 saturated carbocycles. The summed E-state index contributed by atoms with van der Waals surface area (Å²) in [4.78, 5) is 17.0. The normalized spacial score (nSPS) is 29.3. The predicted molar refractivity (Wildman–Crippen MR) is 86.5 cm³/mol. The second kappa shape index (κ2) is 7.23. The third-order valence-corrected chi connectivity index (χ3v) is 6.14. The summed E-state index contributed by atoms with van der Waals surface area (Å²) in [6, 6.07) is 0.866. The maximum Gasteiger partial charge on any atom is 0.127 e. The summed E-state index contributed by atoms with van der Waals surface area (Å²) in [6.45, 7) is 5.81. The molecule has 0 aromatic carbocycles. The van der Waals surface area contributed by atoms with Crippen LogP contribution in [-0.4, -0.2) is 54.9 Å². The van der Waals surface area contributed by atoms with E-state index in [4.69, 9.17) is 0 Å². The van der Waals surface area contributed by atoms with E-state index in [9.17, 15) is 4.79 Å². The lowest BCUT2D eigenvalue weighted by Crippen LogP contribution is -2.52. The van der Waals surface area contributed by atoms with Gasteiger partial charge in [-0.2, -0.15) is 0 Å². The smallest absolute Gasteiger partial charge is 0.127 e. The highest BCUT2D eigenvalue weighted by molar-refractivity contribution is 5.59. The van der Waals surface area contributed by atoms with E-state index in [1.54, 1.807) is 0 Å². The van der Waals surface area contributed by atoms with Crippen molar-refractivity contribution in [3.63, 3.8) is 0 Å². The second-order valence-corrected chi connectivity index (χ2v) is 7.64. The zero-order valence-electron chi connectivity index (χ0n) is 13.6. The van der Waals surface area contributed by atoms with Crippen LogP contribution in [0, 0.1) is 5.41 Å². The number of carbonyl (C=O) groups is 1. The highest BCUT2D eigenvalue weighted by Crippen LogP contribution is 2.34. The summed E-state index contributed by atoms with van der Waals surface area (Å²) >= 11 is 0. The van der Waals surface area contributed by atoms with E-state index in [1.165, 1.54) is 83.8 Å². The molecule has 0 radical (unpaired) electrons. The van der Waals surface area contributed by atoms with Gasteiger partial charge >= 0.3 is 0 Å². The maximum atomic E-state index is 11.7. The van der Waals surface area contributed by atoms with Gasteiger partial charge in [-0.3, -0.25) is 9.80 Å². The number of piperazine rings is 1. The fourth-order valence-corrected chi connectivity index (χ4v) is 4.75. The SMILES string of the molecule is O=CC1(CN2CCN(C3CCCC3)CC2)CCCCCC1. The molecule has 120 valence electrons. The molecule has 3 heteroatoms. The van der Waals surface area contributed by atoms with E-state index in [0.717, 1.165) is 25.4 Å². The Labute approximate surface area is 130 Å². The monoisotopic (exact) mass is 292 g/mol. The van der Waals surface area contributed by atoms with Gasteiger partial charge in [0.1, 0.15) is 6.29 Å². The van der Waals surface area contributed by atoms with Crippen molar-refractivity contribution in [3.05, 3.63) is 0 Å². The van der Waals surface area contributed by atoms with Gasteiger partial charge in [-0.1, -0.05) is 38.5 Å². The summed E-state index contributed by atoms with van der Waals surface area (Å²) in [5.74, 6) is 0. The van der Waals surface area contributed by atoms with Gasteiger partial charge in [0.2, 0.25) is 0 Å². The van der Waals surface area contributed by atoms with Crippen molar-refractivity contribution in [3.8, 4) is 0 Å². The molecule has 3 rings (SSSR count). The molecule has 2 aliphatic carbocycles. The van der Waals surface area contributed by atoms with Crippen LogP contribution in [-0.2, 0) is 4.79 Å². The van der Waals surface area contributed by atoms with Crippen LogP contribution in [0.1, 0.15) is 64.2 Å². The van der Waals surface area contributed by atoms with Crippen molar-refractivity contribution in [2.45, 2.75) is 70.3 Å². The Morgan fingerprint density at radius 1 is 0.857 bits per heavy atom. The molecule has 0 atom stereocenters. The van der Waals surface area contributed by atoms with E-state index >= 15 is 0 Å². The Morgan fingerprint density at radius 2 is 1.48 bits per heavy atom. The number of hydrogen-bond acceptors (Lipinski definition) is 3. The molecule has 3 fully saturated rings. The fourth-order valence-electron chi connectivity index (χ4n) is 4.75. The molecule has 0 aromatic heterocycles. The minimum atomic E-state index is -0.0218. The highest BCUT2D eigenvalue weighted by Gasteiger charge is 2.34. The van der Waals surface area contributed by atoms with E-state index < -0.39 is 0 Å². The van der Waals surface area contributed by atoms with Crippen LogP contribution in [0.5, 0.6) is 0 Å². The predicted octanol–water partition coefficient (Wildman–Crippen LogP) is 3.09. The Kier molecular flexibility index (Phi) is 5.33. The van der Waals surface area contributed by atoms with Crippen LogP contribution < -0.4 is 0 Å². The van der Waals surface area contributed by atoms with E-state index in [-0.39, 0.29) is 5.41 Å². The third-order valence-electron chi connectivity index (χ3n) is 6.14. The van der Waals surface area contributed by atoms with Crippen LogP contribution in [0.15, 0.2) is 0 Å². The molecular formula is C18H32N2O. The first-order chi connectivity index (χ1) is 10.3. The first-order valence-electron chi connectivity index (χ1n) is 9.24. The molecule has 0 amide bonds. The molecular weight excluding hydrogens is 260 g/mol. The lowest BCUT2D eigenvalue weighted by atomic mass is 9.81. The van der Waals surface area contributed by atoms with Crippen molar-refractivity contribution in [2.75, 3.05) is 32.7 Å². The number of nitrogens with zero attached hydrogens (tertiary/aromatic N) is 2. The molecule has 0 aromatic rings. The van der Waals surface area contributed by atoms with Gasteiger partial charge in [0, 0.05) is 44.2 Å². The topological polar surface area (TPSA) is 23.6 Å². The molecule has 1 heterocycles. The zero-order valence-corrected chi connectivity index (χ0v) is 13.6. The zero-order chi connectivity index (χ0) is 14.5. The van der Waals surface area contributed by atoms with E-state index in [1.807, 2.05) is 0 Å². The van der Waals surface area contributed by atoms with Crippen LogP contribution >= 0.6 is 0 Å². The summed E-state index contributed by atoms with van der Waals surface area (Å²) in [5.41, 5.74) is -0.0218. The first-order valence-corrected chi connectivity index (χ1v) is 9.24. The van der Waals surface area contributed by atoms with Gasteiger partial charge in [-0.15, -0.1) is 0 Å². The van der Waals surface area contributed by atoms with Crippen molar-refractivity contribution < 1.29 is 4.79 Å². The minimum absolute atomic E-state index is 0.0218. The van der Waals surface area contributed by atoms with Crippen LogP contribution in [0.2, 0.25) is 0 Å².